The molecule has 3 aromatic rings. The summed E-state index contributed by atoms with van der Waals surface area (Å²) in [6, 6.07) is 9.72. The van der Waals surface area contributed by atoms with Crippen LogP contribution in [0.25, 0.3) is 10.9 Å². The minimum Gasteiger partial charge on any atom is -0.493 e. The van der Waals surface area contributed by atoms with E-state index >= 15 is 0 Å². The molecule has 2 aliphatic rings. The van der Waals surface area contributed by atoms with Crippen LogP contribution in [0.2, 0.25) is 0 Å². The van der Waals surface area contributed by atoms with E-state index in [1.54, 1.807) is 42.9 Å². The number of likely N-dealkylation sites (tertiary alicyclic amines) is 1. The number of amides is 3. The van der Waals surface area contributed by atoms with E-state index in [2.05, 4.69) is 27.6 Å². The van der Waals surface area contributed by atoms with Crippen molar-refractivity contribution < 1.29 is 33.1 Å². The topological polar surface area (TPSA) is 140 Å². The number of fused-ring (bicyclic) bond motifs is 1. The van der Waals surface area contributed by atoms with Gasteiger partial charge < -0.3 is 29.5 Å². The molecule has 2 N–H and O–H groups in total. The molecule has 12 heteroatoms. The first-order valence-electron chi connectivity index (χ1n) is 15.0. The first kappa shape index (κ1) is 31.0. The number of nitrogens with one attached hydrogen (secondary N) is 2. The number of aromatic nitrogens is 2. The van der Waals surface area contributed by atoms with Gasteiger partial charge in [-0.1, -0.05) is 6.07 Å². The third-order valence-corrected chi connectivity index (χ3v) is 8.30. The Hall–Kier alpha value is -4.42. The van der Waals surface area contributed by atoms with Gasteiger partial charge in [-0.25, -0.2) is 0 Å². The van der Waals surface area contributed by atoms with Crippen LogP contribution in [0.3, 0.4) is 0 Å². The van der Waals surface area contributed by atoms with E-state index in [-0.39, 0.29) is 13.1 Å². The smallest absolute Gasteiger partial charge is 0.289 e. The maximum Gasteiger partial charge on any atom is 0.289 e. The SMILES string of the molecule is C[N+]1(CCCOc2ccc3nccc(C(=O)NCC(=O)N4CCC[C@H]4C(=O)C(=O)NCc4cccnc4)c3c2)CCOCC1. The van der Waals surface area contributed by atoms with Crippen molar-refractivity contribution in [3.63, 3.8) is 0 Å². The van der Waals surface area contributed by atoms with Crippen LogP contribution in [-0.2, 0) is 25.7 Å². The van der Waals surface area contributed by atoms with Crippen LogP contribution in [0.1, 0.15) is 35.2 Å². The molecule has 0 spiro atoms. The molecule has 4 heterocycles. The molecule has 3 amide bonds. The number of ether oxygens (including phenoxy) is 2. The highest BCUT2D eigenvalue weighted by Gasteiger charge is 2.37. The fraction of sp³-hybridized carbons (Fsp3) is 0.438. The molecule has 2 fully saturated rings. The zero-order valence-corrected chi connectivity index (χ0v) is 25.0. The van der Waals surface area contributed by atoms with E-state index in [1.807, 2.05) is 12.1 Å². The lowest BCUT2D eigenvalue weighted by atomic mass is 10.1. The summed E-state index contributed by atoms with van der Waals surface area (Å²) >= 11 is 0. The van der Waals surface area contributed by atoms with Gasteiger partial charge in [-0.05, 0) is 48.7 Å². The first-order valence-corrected chi connectivity index (χ1v) is 15.0. The monoisotopic (exact) mass is 603 g/mol. The number of rotatable bonds is 12. The zero-order chi connectivity index (χ0) is 30.9. The molecule has 2 aromatic heterocycles. The van der Waals surface area contributed by atoms with Gasteiger partial charge >= 0.3 is 0 Å². The summed E-state index contributed by atoms with van der Waals surface area (Å²) in [5.74, 6) is -1.64. The number of hydrogen-bond donors (Lipinski definition) is 2. The van der Waals surface area contributed by atoms with Gasteiger partial charge in [0.05, 0.1) is 51.0 Å². The van der Waals surface area contributed by atoms with E-state index in [1.165, 1.54) is 4.90 Å². The average molecular weight is 604 g/mol. The summed E-state index contributed by atoms with van der Waals surface area (Å²) in [5, 5.41) is 5.90. The predicted molar refractivity (Wildman–Crippen MR) is 162 cm³/mol. The van der Waals surface area contributed by atoms with Crippen LogP contribution in [0.4, 0.5) is 0 Å². The number of morpholine rings is 1. The van der Waals surface area contributed by atoms with Gasteiger partial charge in [0.2, 0.25) is 11.7 Å². The van der Waals surface area contributed by atoms with Gasteiger partial charge in [-0.3, -0.25) is 29.1 Å². The average Bonchev–Trinajstić information content (AvgIpc) is 3.55. The van der Waals surface area contributed by atoms with E-state index < -0.39 is 29.5 Å². The lowest BCUT2D eigenvalue weighted by Crippen LogP contribution is -2.52. The highest BCUT2D eigenvalue weighted by Crippen LogP contribution is 2.23. The lowest BCUT2D eigenvalue weighted by Gasteiger charge is -2.37. The Labute approximate surface area is 256 Å². The van der Waals surface area contributed by atoms with Crippen molar-refractivity contribution >= 4 is 34.4 Å². The van der Waals surface area contributed by atoms with E-state index in [9.17, 15) is 19.2 Å². The van der Waals surface area contributed by atoms with Crippen molar-refractivity contribution in [2.24, 2.45) is 0 Å². The summed E-state index contributed by atoms with van der Waals surface area (Å²) in [4.78, 5) is 61.4. The summed E-state index contributed by atoms with van der Waals surface area (Å²) in [6.45, 7) is 5.32. The fourth-order valence-electron chi connectivity index (χ4n) is 5.67. The van der Waals surface area contributed by atoms with Crippen molar-refractivity contribution in [1.29, 1.82) is 0 Å². The minimum absolute atomic E-state index is 0.163. The van der Waals surface area contributed by atoms with Gasteiger partial charge in [-0.15, -0.1) is 0 Å². The molecular formula is C32H39N6O6+. The number of nitrogens with zero attached hydrogens (tertiary/aromatic N) is 4. The normalized spacial score (nSPS) is 17.7. The predicted octanol–water partition coefficient (Wildman–Crippen LogP) is 1.48. The van der Waals surface area contributed by atoms with Crippen molar-refractivity contribution in [3.8, 4) is 5.75 Å². The van der Waals surface area contributed by atoms with E-state index in [4.69, 9.17) is 9.47 Å². The molecule has 0 unspecified atom stereocenters. The summed E-state index contributed by atoms with van der Waals surface area (Å²) < 4.78 is 12.5. The molecule has 12 nitrogen and oxygen atoms in total. The van der Waals surface area contributed by atoms with E-state index in [0.717, 1.165) is 49.3 Å². The van der Waals surface area contributed by atoms with Crippen LogP contribution in [0.5, 0.6) is 5.75 Å². The van der Waals surface area contributed by atoms with Gasteiger partial charge in [0.15, 0.2) is 0 Å². The molecule has 232 valence electrons. The third kappa shape index (κ3) is 7.74. The van der Waals surface area contributed by atoms with Gasteiger partial charge in [0.25, 0.3) is 11.8 Å². The number of benzene rings is 1. The number of ketones is 1. The number of carbonyl (C=O) groups excluding carboxylic acids is 4. The first-order chi connectivity index (χ1) is 21.3. The summed E-state index contributed by atoms with van der Waals surface area (Å²) in [7, 11) is 2.24. The molecule has 0 aliphatic carbocycles. The van der Waals surface area contributed by atoms with Crippen molar-refractivity contribution in [1.82, 2.24) is 25.5 Å². The highest BCUT2D eigenvalue weighted by molar-refractivity contribution is 6.38. The van der Waals surface area contributed by atoms with Crippen LogP contribution >= 0.6 is 0 Å². The van der Waals surface area contributed by atoms with Crippen LogP contribution < -0.4 is 15.4 Å². The Balaban J connectivity index is 1.14. The van der Waals surface area contributed by atoms with Crippen molar-refractivity contribution in [2.45, 2.75) is 31.8 Å². The molecule has 1 atom stereocenters. The Morgan fingerprint density at radius 3 is 2.73 bits per heavy atom. The molecule has 44 heavy (non-hydrogen) atoms. The summed E-state index contributed by atoms with van der Waals surface area (Å²) in [6.07, 6.45) is 6.65. The molecular weight excluding hydrogens is 564 g/mol. The van der Waals surface area contributed by atoms with Gasteiger partial charge in [0, 0.05) is 43.5 Å². The summed E-state index contributed by atoms with van der Waals surface area (Å²) in [5.41, 5.74) is 1.76. The van der Waals surface area contributed by atoms with E-state index in [0.29, 0.717) is 48.2 Å². The second kappa shape index (κ2) is 14.4. The maximum absolute atomic E-state index is 13.2. The Kier molecular flexibility index (Phi) is 10.1. The number of pyridine rings is 2. The third-order valence-electron chi connectivity index (χ3n) is 8.30. The molecule has 1 aromatic carbocycles. The number of Topliss-reactive ketones (excluding diaryl/α,β-unsaturated/α-hetero) is 1. The fourth-order valence-corrected chi connectivity index (χ4v) is 5.67. The maximum atomic E-state index is 13.2. The molecule has 0 saturated carbocycles. The Morgan fingerprint density at radius 1 is 1.09 bits per heavy atom. The number of hydrogen-bond acceptors (Lipinski definition) is 8. The van der Waals surface area contributed by atoms with Crippen LogP contribution in [0, 0.1) is 0 Å². The number of carbonyl (C=O) groups is 4. The van der Waals surface area contributed by atoms with Crippen LogP contribution in [0.15, 0.2) is 55.0 Å². The van der Waals surface area contributed by atoms with Gasteiger partial charge in [0.1, 0.15) is 24.9 Å². The molecule has 0 radical (unpaired) electrons. The van der Waals surface area contributed by atoms with Crippen molar-refractivity contribution in [2.75, 3.05) is 59.6 Å². The standard InChI is InChI=1S/C32H38N6O6/c1-38(14-17-43-18-15-38)13-4-16-44-24-7-8-27-26(19-24)25(9-11-34-27)31(41)36-22-29(39)37-12-3-6-28(37)30(40)32(42)35-21-23-5-2-10-33-20-23/h2,5,7-11,19-20,28H,3-4,6,12-18,21-22H2,1H3,(H-,35,36,41,42)/p+1/t28-/m0/s1. The Bertz CT molecular complexity index is 1490. The zero-order valence-electron chi connectivity index (χ0n) is 25.0. The number of quaternary nitrogens is 1. The Morgan fingerprint density at radius 2 is 1.93 bits per heavy atom. The highest BCUT2D eigenvalue weighted by atomic mass is 16.5. The molecule has 5 rings (SSSR count). The lowest BCUT2D eigenvalue weighted by molar-refractivity contribution is -0.917. The minimum atomic E-state index is -0.859. The quantitative estimate of drug-likeness (QED) is 0.180. The van der Waals surface area contributed by atoms with Crippen LogP contribution in [-0.4, -0.2) is 108 Å². The van der Waals surface area contributed by atoms with Crippen molar-refractivity contribution in [3.05, 3.63) is 66.1 Å². The number of likely N-dealkylation sites (N-methyl/N-ethyl adjacent to an activating group) is 1. The molecule has 2 saturated heterocycles. The molecule has 0 bridgehead atoms. The van der Waals surface area contributed by atoms with Gasteiger partial charge in [-0.2, -0.15) is 0 Å². The molecule has 2 aliphatic heterocycles. The second-order valence-electron chi connectivity index (χ2n) is 11.5. The second-order valence-corrected chi connectivity index (χ2v) is 11.5. The largest absolute Gasteiger partial charge is 0.493 e.